The lowest BCUT2D eigenvalue weighted by Crippen LogP contribution is -2.32. The van der Waals surface area contributed by atoms with Crippen molar-refractivity contribution in [3.63, 3.8) is 0 Å². The molecule has 1 aromatic carbocycles. The van der Waals surface area contributed by atoms with Crippen LogP contribution < -0.4 is 5.56 Å². The number of hydrogen-bond donors (Lipinski definition) is 1. The maximum atomic E-state index is 12.4. The molecule has 0 spiro atoms. The summed E-state index contributed by atoms with van der Waals surface area (Å²) in [5, 5.41) is 3.93. The van der Waals surface area contributed by atoms with E-state index in [1.54, 1.807) is 0 Å². The molecule has 0 fully saturated rings. The van der Waals surface area contributed by atoms with Crippen molar-refractivity contribution < 1.29 is 4.52 Å². The number of aromatic amines is 1. The predicted molar refractivity (Wildman–Crippen MR) is 94.0 cm³/mol. The Balaban J connectivity index is 1.61. The van der Waals surface area contributed by atoms with Gasteiger partial charge in [0.15, 0.2) is 0 Å². The summed E-state index contributed by atoms with van der Waals surface area (Å²) in [6.07, 6.45) is 1.49. The molecule has 0 bridgehead atoms. The third-order valence-electron chi connectivity index (χ3n) is 4.55. The van der Waals surface area contributed by atoms with E-state index in [2.05, 4.69) is 44.3 Å². The summed E-state index contributed by atoms with van der Waals surface area (Å²) in [7, 11) is 0. The highest BCUT2D eigenvalue weighted by Gasteiger charge is 2.20. The molecule has 6 heteroatoms. The van der Waals surface area contributed by atoms with Gasteiger partial charge < -0.3 is 9.51 Å². The molecule has 0 amide bonds. The third kappa shape index (κ3) is 3.25. The maximum absolute atomic E-state index is 12.4. The van der Waals surface area contributed by atoms with Gasteiger partial charge in [0.2, 0.25) is 11.7 Å². The van der Waals surface area contributed by atoms with Gasteiger partial charge in [-0.1, -0.05) is 42.4 Å². The van der Waals surface area contributed by atoms with Crippen LogP contribution in [-0.2, 0) is 25.9 Å². The van der Waals surface area contributed by atoms with Crippen LogP contribution in [-0.4, -0.2) is 26.6 Å². The molecule has 3 aromatic rings. The molecule has 0 saturated heterocycles. The fraction of sp³-hybridized carbons (Fsp3) is 0.316. The van der Waals surface area contributed by atoms with Gasteiger partial charge in [-0.3, -0.25) is 9.69 Å². The second kappa shape index (κ2) is 6.64. The molecular weight excluding hydrogens is 316 g/mol. The number of hydrogen-bond acceptors (Lipinski definition) is 5. The van der Waals surface area contributed by atoms with Crippen LogP contribution in [0.1, 0.15) is 29.6 Å². The van der Waals surface area contributed by atoms with Gasteiger partial charge in [-0.25, -0.2) is 0 Å². The van der Waals surface area contributed by atoms with Crippen molar-refractivity contribution in [2.45, 2.75) is 32.9 Å². The van der Waals surface area contributed by atoms with Crippen LogP contribution in [0.25, 0.3) is 11.4 Å². The van der Waals surface area contributed by atoms with Crippen LogP contribution in [0.3, 0.4) is 0 Å². The topological polar surface area (TPSA) is 75.0 Å². The Morgan fingerprint density at radius 3 is 2.88 bits per heavy atom. The van der Waals surface area contributed by atoms with Crippen LogP contribution in [0.15, 0.2) is 45.7 Å². The normalized spacial score (nSPS) is 14.4. The fourth-order valence-electron chi connectivity index (χ4n) is 3.22. The summed E-state index contributed by atoms with van der Waals surface area (Å²) in [4.78, 5) is 22.0. The van der Waals surface area contributed by atoms with E-state index in [9.17, 15) is 4.79 Å². The van der Waals surface area contributed by atoms with Gasteiger partial charge in [-0.2, -0.15) is 4.98 Å². The number of aryl methyl sites for hydroxylation is 1. The van der Waals surface area contributed by atoms with Gasteiger partial charge in [0.1, 0.15) is 0 Å². The van der Waals surface area contributed by atoms with Crippen molar-refractivity contribution >= 4 is 0 Å². The van der Waals surface area contributed by atoms with Crippen molar-refractivity contribution in [3.8, 4) is 11.4 Å². The quantitative estimate of drug-likeness (QED) is 0.792. The van der Waals surface area contributed by atoms with Crippen molar-refractivity contribution in [3.05, 3.63) is 69.5 Å². The first kappa shape index (κ1) is 15.8. The average molecular weight is 336 g/mol. The molecule has 128 valence electrons. The van der Waals surface area contributed by atoms with Crippen LogP contribution >= 0.6 is 0 Å². The lowest BCUT2D eigenvalue weighted by Gasteiger charge is -2.28. The number of pyridine rings is 1. The Hall–Kier alpha value is -2.73. The zero-order chi connectivity index (χ0) is 17.2. The minimum absolute atomic E-state index is 0.154. The van der Waals surface area contributed by atoms with E-state index in [0.29, 0.717) is 23.7 Å². The van der Waals surface area contributed by atoms with E-state index in [0.717, 1.165) is 37.3 Å². The number of aromatic nitrogens is 3. The van der Waals surface area contributed by atoms with Gasteiger partial charge in [0.25, 0.3) is 5.56 Å². The summed E-state index contributed by atoms with van der Waals surface area (Å²) in [6, 6.07) is 12.3. The molecular formula is C19H20N4O2. The average Bonchev–Trinajstić information content (AvgIpc) is 3.11. The summed E-state index contributed by atoms with van der Waals surface area (Å²) in [6.45, 7) is 4.57. The van der Waals surface area contributed by atoms with E-state index < -0.39 is 0 Å². The zero-order valence-electron chi connectivity index (χ0n) is 14.2. The SMILES string of the molecule is CCc1nc(-c2cc3c([nH]c2=O)CCN(Cc2ccccc2)C3)no1. The number of nitrogens with one attached hydrogen (secondary N) is 1. The van der Waals surface area contributed by atoms with Crippen LogP contribution in [0.2, 0.25) is 0 Å². The lowest BCUT2D eigenvalue weighted by molar-refractivity contribution is 0.243. The minimum Gasteiger partial charge on any atom is -0.339 e. The van der Waals surface area contributed by atoms with E-state index in [1.807, 2.05) is 19.1 Å². The second-order valence-electron chi connectivity index (χ2n) is 6.33. The smallest absolute Gasteiger partial charge is 0.259 e. The van der Waals surface area contributed by atoms with Crippen molar-refractivity contribution in [2.24, 2.45) is 0 Å². The van der Waals surface area contributed by atoms with Crippen LogP contribution in [0.4, 0.5) is 0 Å². The molecule has 0 unspecified atom stereocenters. The molecule has 0 saturated carbocycles. The molecule has 4 rings (SSSR count). The molecule has 0 radical (unpaired) electrons. The highest BCUT2D eigenvalue weighted by atomic mass is 16.5. The van der Waals surface area contributed by atoms with Crippen molar-refractivity contribution in [1.82, 2.24) is 20.0 Å². The van der Waals surface area contributed by atoms with Crippen LogP contribution in [0, 0.1) is 0 Å². The standard InChI is InChI=1S/C19H20N4O2/c1-2-17-21-18(22-25-17)15-10-14-12-23(9-8-16(14)20-19(15)24)11-13-6-4-3-5-7-13/h3-7,10H,2,8-9,11-12H2,1H3,(H,20,24). The van der Waals surface area contributed by atoms with Gasteiger partial charge in [-0.15, -0.1) is 0 Å². The summed E-state index contributed by atoms with van der Waals surface area (Å²) in [5.74, 6) is 0.902. The highest BCUT2D eigenvalue weighted by Crippen LogP contribution is 2.22. The fourth-order valence-corrected chi connectivity index (χ4v) is 3.22. The maximum Gasteiger partial charge on any atom is 0.259 e. The van der Waals surface area contributed by atoms with Gasteiger partial charge >= 0.3 is 0 Å². The summed E-state index contributed by atoms with van der Waals surface area (Å²) < 4.78 is 5.14. The Bertz CT molecular complexity index is 930. The Morgan fingerprint density at radius 1 is 1.28 bits per heavy atom. The predicted octanol–water partition coefficient (Wildman–Crippen LogP) is 2.55. The second-order valence-corrected chi connectivity index (χ2v) is 6.33. The number of nitrogens with zero attached hydrogens (tertiary/aromatic N) is 3. The first-order valence-corrected chi connectivity index (χ1v) is 8.57. The highest BCUT2D eigenvalue weighted by molar-refractivity contribution is 5.54. The Labute approximate surface area is 145 Å². The molecule has 0 aliphatic carbocycles. The molecule has 1 aliphatic heterocycles. The number of fused-ring (bicyclic) bond motifs is 1. The van der Waals surface area contributed by atoms with Crippen molar-refractivity contribution in [1.29, 1.82) is 0 Å². The largest absolute Gasteiger partial charge is 0.339 e. The van der Waals surface area contributed by atoms with E-state index in [-0.39, 0.29) is 5.56 Å². The third-order valence-corrected chi connectivity index (χ3v) is 4.55. The molecule has 2 aromatic heterocycles. The molecule has 3 heterocycles. The van der Waals surface area contributed by atoms with E-state index in [1.165, 1.54) is 5.56 Å². The van der Waals surface area contributed by atoms with E-state index in [4.69, 9.17) is 4.52 Å². The summed E-state index contributed by atoms with van der Waals surface area (Å²) >= 11 is 0. The summed E-state index contributed by atoms with van der Waals surface area (Å²) in [5.41, 5.74) is 3.75. The first-order chi connectivity index (χ1) is 12.2. The van der Waals surface area contributed by atoms with E-state index >= 15 is 0 Å². The van der Waals surface area contributed by atoms with Crippen molar-refractivity contribution in [2.75, 3.05) is 6.54 Å². The van der Waals surface area contributed by atoms with Gasteiger partial charge in [0, 0.05) is 38.2 Å². The van der Waals surface area contributed by atoms with Gasteiger partial charge in [0.05, 0.1) is 5.56 Å². The minimum atomic E-state index is -0.154. The molecule has 1 aliphatic rings. The van der Waals surface area contributed by atoms with Gasteiger partial charge in [-0.05, 0) is 17.2 Å². The molecule has 1 N–H and O–H groups in total. The molecule has 6 nitrogen and oxygen atoms in total. The Morgan fingerprint density at radius 2 is 2.12 bits per heavy atom. The monoisotopic (exact) mass is 336 g/mol. The molecule has 25 heavy (non-hydrogen) atoms. The number of H-pyrrole nitrogens is 1. The Kier molecular flexibility index (Phi) is 4.19. The molecule has 0 atom stereocenters. The zero-order valence-corrected chi connectivity index (χ0v) is 14.2. The first-order valence-electron chi connectivity index (χ1n) is 8.57. The number of benzene rings is 1. The lowest BCUT2D eigenvalue weighted by atomic mass is 10.0. The number of rotatable bonds is 4. The van der Waals surface area contributed by atoms with Crippen LogP contribution in [0.5, 0.6) is 0 Å².